The minimum absolute atomic E-state index is 0.0267. The van der Waals surface area contributed by atoms with Gasteiger partial charge in [-0.3, -0.25) is 0 Å². The van der Waals surface area contributed by atoms with E-state index >= 15 is 0 Å². The summed E-state index contributed by atoms with van der Waals surface area (Å²) in [5.41, 5.74) is 0.0662. The van der Waals surface area contributed by atoms with Crippen molar-refractivity contribution in [3.05, 3.63) is 48.4 Å². The van der Waals surface area contributed by atoms with Crippen LogP contribution >= 0.6 is 0 Å². The molecule has 0 bridgehead atoms. The number of nitrogens with zero attached hydrogens (tertiary/aromatic N) is 5. The molecular formula is C25H33N5O4S. The van der Waals surface area contributed by atoms with E-state index in [4.69, 9.17) is 10.2 Å². The third kappa shape index (κ3) is 4.98. The maximum Gasteiger partial charge on any atom is 0.410 e. The van der Waals surface area contributed by atoms with Gasteiger partial charge in [-0.05, 0) is 58.2 Å². The van der Waals surface area contributed by atoms with E-state index in [1.807, 2.05) is 13.8 Å². The molecule has 0 saturated carbocycles. The minimum Gasteiger partial charge on any atom is -0.444 e. The SMILES string of the molecule is [2H]c1nc(N(C2CN(C(=O)OC(C)(C)C)CCC2C)C([2H])([2H])[2H])c2ccn(S(=O)(=O)c3ccc(C)cc3)c2n1. The summed E-state index contributed by atoms with van der Waals surface area (Å²) >= 11 is 0. The molecular weight excluding hydrogens is 466 g/mol. The molecule has 2 unspecified atom stereocenters. The van der Waals surface area contributed by atoms with Crippen molar-refractivity contribution in [3.8, 4) is 0 Å². The predicted molar refractivity (Wildman–Crippen MR) is 135 cm³/mol. The van der Waals surface area contributed by atoms with Crippen molar-refractivity contribution < 1.29 is 23.4 Å². The molecule has 188 valence electrons. The van der Waals surface area contributed by atoms with Crippen LogP contribution in [0.2, 0.25) is 0 Å². The van der Waals surface area contributed by atoms with Gasteiger partial charge in [0.2, 0.25) is 0 Å². The van der Waals surface area contributed by atoms with Crippen LogP contribution in [0.5, 0.6) is 0 Å². The highest BCUT2D eigenvalue weighted by molar-refractivity contribution is 7.90. The first-order valence-electron chi connectivity index (χ1n) is 13.4. The topological polar surface area (TPSA) is 97.6 Å². The van der Waals surface area contributed by atoms with E-state index in [0.29, 0.717) is 13.0 Å². The highest BCUT2D eigenvalue weighted by Gasteiger charge is 2.35. The van der Waals surface area contributed by atoms with E-state index in [2.05, 4.69) is 9.97 Å². The number of hydrogen-bond acceptors (Lipinski definition) is 7. The van der Waals surface area contributed by atoms with E-state index in [0.717, 1.165) is 14.4 Å². The number of ether oxygens (including phenoxy) is 1. The van der Waals surface area contributed by atoms with Crippen molar-refractivity contribution in [3.63, 3.8) is 0 Å². The lowest BCUT2D eigenvalue weighted by Gasteiger charge is -2.42. The van der Waals surface area contributed by atoms with Gasteiger partial charge in [0.1, 0.15) is 19.1 Å². The Kier molecular flexibility index (Phi) is 5.25. The van der Waals surface area contributed by atoms with Crippen molar-refractivity contribution in [1.82, 2.24) is 18.8 Å². The van der Waals surface area contributed by atoms with E-state index in [1.54, 1.807) is 32.9 Å². The van der Waals surface area contributed by atoms with Crippen LogP contribution in [0, 0.1) is 12.8 Å². The molecule has 3 aromatic rings. The lowest BCUT2D eigenvalue weighted by molar-refractivity contribution is 0.0165. The van der Waals surface area contributed by atoms with E-state index in [-0.39, 0.29) is 34.2 Å². The smallest absolute Gasteiger partial charge is 0.410 e. The van der Waals surface area contributed by atoms with Crippen LogP contribution in [0.15, 0.2) is 47.7 Å². The van der Waals surface area contributed by atoms with Crippen molar-refractivity contribution in [1.29, 1.82) is 0 Å². The summed E-state index contributed by atoms with van der Waals surface area (Å²) < 4.78 is 66.7. The van der Waals surface area contributed by atoms with E-state index in [9.17, 15) is 13.2 Å². The van der Waals surface area contributed by atoms with Crippen molar-refractivity contribution >= 4 is 33.0 Å². The molecule has 1 fully saturated rings. The minimum atomic E-state index is -4.09. The summed E-state index contributed by atoms with van der Waals surface area (Å²) in [5, 5.41) is 0.166. The van der Waals surface area contributed by atoms with Crippen LogP contribution < -0.4 is 4.90 Å². The Balaban J connectivity index is 1.82. The molecule has 1 aromatic carbocycles. The summed E-state index contributed by atoms with van der Waals surface area (Å²) in [6.45, 7) is 6.73. The molecule has 3 heterocycles. The maximum absolute atomic E-state index is 13.5. The average molecular weight is 504 g/mol. The number of amides is 1. The summed E-state index contributed by atoms with van der Waals surface area (Å²) in [4.78, 5) is 23.7. The Labute approximate surface area is 212 Å². The maximum atomic E-state index is 13.5. The number of aromatic nitrogens is 3. The Morgan fingerprint density at radius 1 is 1.23 bits per heavy atom. The number of benzene rings is 1. The molecule has 9 nitrogen and oxygen atoms in total. The van der Waals surface area contributed by atoms with Gasteiger partial charge in [-0.2, -0.15) is 0 Å². The van der Waals surface area contributed by atoms with Crippen LogP contribution in [0.25, 0.3) is 11.0 Å². The number of hydrogen-bond donors (Lipinski definition) is 0. The van der Waals surface area contributed by atoms with Crippen molar-refractivity contribution in [2.24, 2.45) is 5.92 Å². The predicted octanol–water partition coefficient (Wildman–Crippen LogP) is 4.06. The lowest BCUT2D eigenvalue weighted by Crippen LogP contribution is -2.53. The summed E-state index contributed by atoms with van der Waals surface area (Å²) in [6.07, 6.45) is 0.723. The first-order valence-corrected chi connectivity index (χ1v) is 12.9. The van der Waals surface area contributed by atoms with Crippen LogP contribution in [0.1, 0.15) is 45.2 Å². The molecule has 1 aliphatic heterocycles. The van der Waals surface area contributed by atoms with Gasteiger partial charge in [-0.15, -0.1) is 0 Å². The van der Waals surface area contributed by atoms with Crippen molar-refractivity contribution in [2.75, 3.05) is 25.0 Å². The van der Waals surface area contributed by atoms with Gasteiger partial charge >= 0.3 is 6.09 Å². The molecule has 1 amide bonds. The second kappa shape index (κ2) is 9.14. The fourth-order valence-corrected chi connectivity index (χ4v) is 5.40. The van der Waals surface area contributed by atoms with Gasteiger partial charge < -0.3 is 14.5 Å². The first-order chi connectivity index (χ1) is 18.0. The molecule has 4 rings (SSSR count). The number of carbonyl (C=O) groups is 1. The summed E-state index contributed by atoms with van der Waals surface area (Å²) in [7, 11) is -4.09. The number of likely N-dealkylation sites (N-methyl/N-ethyl adjacent to an activating group) is 1. The Hall–Kier alpha value is -3.14. The molecule has 0 aliphatic carbocycles. The quantitative estimate of drug-likeness (QED) is 0.530. The number of carbonyl (C=O) groups excluding carboxylic acids is 1. The standard InChI is InChI=1S/C25H33N5O4S/c1-17-7-9-19(10-8-17)35(32,33)30-14-12-20-22(26-16-27-23(20)30)28(6)21-15-29(13-11-18(21)2)24(31)34-25(3,4)5/h7-10,12,14,16,18,21H,11,13,15H2,1-6H3/i6D3,16D. The van der Waals surface area contributed by atoms with Gasteiger partial charge in [0, 0.05) is 30.4 Å². The summed E-state index contributed by atoms with van der Waals surface area (Å²) in [5.74, 6) is -0.257. The van der Waals surface area contributed by atoms with E-state index < -0.39 is 41.0 Å². The number of aryl methyl sites for hydroxylation is 1. The van der Waals surface area contributed by atoms with Crippen molar-refractivity contribution in [2.45, 2.75) is 57.6 Å². The molecule has 2 atom stereocenters. The normalized spacial score (nSPS) is 21.1. The summed E-state index contributed by atoms with van der Waals surface area (Å²) in [6, 6.07) is 7.02. The first kappa shape index (κ1) is 20.1. The fourth-order valence-electron chi connectivity index (χ4n) is 4.11. The molecule has 1 aliphatic rings. The molecule has 35 heavy (non-hydrogen) atoms. The number of anilines is 1. The third-order valence-electron chi connectivity index (χ3n) is 6.09. The largest absolute Gasteiger partial charge is 0.444 e. The highest BCUT2D eigenvalue weighted by Crippen LogP contribution is 2.31. The molecule has 0 spiro atoms. The zero-order valence-corrected chi connectivity index (χ0v) is 21.3. The van der Waals surface area contributed by atoms with Gasteiger partial charge in [0.05, 0.1) is 16.3 Å². The number of likely N-dealkylation sites (tertiary alicyclic amines) is 1. The average Bonchev–Trinajstić information content (AvgIpc) is 3.23. The van der Waals surface area contributed by atoms with E-state index in [1.165, 1.54) is 29.3 Å². The van der Waals surface area contributed by atoms with Gasteiger partial charge in [0.25, 0.3) is 10.0 Å². The van der Waals surface area contributed by atoms with Gasteiger partial charge in [-0.1, -0.05) is 24.6 Å². The number of fused-ring (bicyclic) bond motifs is 1. The highest BCUT2D eigenvalue weighted by atomic mass is 32.2. The number of piperidine rings is 1. The van der Waals surface area contributed by atoms with Crippen LogP contribution in [-0.2, 0) is 14.8 Å². The number of rotatable bonds is 4. The van der Waals surface area contributed by atoms with Crippen LogP contribution in [-0.4, -0.2) is 65.1 Å². The Bertz CT molecular complexity index is 1480. The molecule has 2 aromatic heterocycles. The van der Waals surface area contributed by atoms with Crippen LogP contribution in [0.3, 0.4) is 0 Å². The Morgan fingerprint density at radius 2 is 1.94 bits per heavy atom. The molecule has 0 radical (unpaired) electrons. The van der Waals surface area contributed by atoms with Gasteiger partial charge in [-0.25, -0.2) is 27.2 Å². The van der Waals surface area contributed by atoms with Crippen LogP contribution in [0.4, 0.5) is 10.6 Å². The molecule has 10 heteroatoms. The Morgan fingerprint density at radius 3 is 2.60 bits per heavy atom. The molecule has 0 N–H and O–H groups in total. The zero-order chi connectivity index (χ0) is 28.9. The van der Waals surface area contributed by atoms with Gasteiger partial charge in [0.15, 0.2) is 5.65 Å². The molecule has 1 saturated heterocycles. The second-order valence-corrected chi connectivity index (χ2v) is 11.8. The zero-order valence-electron chi connectivity index (χ0n) is 24.5. The fraction of sp³-hybridized carbons (Fsp3) is 0.480. The monoisotopic (exact) mass is 503 g/mol. The lowest BCUT2D eigenvalue weighted by atomic mass is 9.92. The third-order valence-corrected chi connectivity index (χ3v) is 7.77. The second-order valence-electron chi connectivity index (χ2n) is 9.94.